The van der Waals surface area contributed by atoms with Crippen molar-refractivity contribution >= 4 is 29.3 Å². The predicted octanol–water partition coefficient (Wildman–Crippen LogP) is 0.866. The first-order valence-corrected chi connectivity index (χ1v) is 12.5. The van der Waals surface area contributed by atoms with Crippen LogP contribution in [-0.2, 0) is 38.6 Å². The Balaban J connectivity index is 1.57. The highest BCUT2D eigenvalue weighted by Gasteiger charge is 2.44. The first-order chi connectivity index (χ1) is 17.6. The maximum atomic E-state index is 13.9. The standard InChI is InChI=1S/C26H33N5O6/c1-5-14(2)22(30(4)15(3)32)25(35)28-19-10-9-16-7-6-8-17-11-20(31(23(16)17)26(19)36)24(34)27-13-18-12-21(33)29-37-18/h6-8,12,14,19-20,22H,5,9-11,13H2,1-4H3,(H,27,34)(H,28,35)(H,29,33)/t14-,19-,20-,22-/m0/s1. The number of hydrogen-bond acceptors (Lipinski definition) is 6. The fraction of sp³-hybridized carbons (Fsp3) is 0.500. The lowest BCUT2D eigenvalue weighted by atomic mass is 9.96. The lowest BCUT2D eigenvalue weighted by molar-refractivity contribution is -0.140. The van der Waals surface area contributed by atoms with Gasteiger partial charge >= 0.3 is 0 Å². The maximum absolute atomic E-state index is 13.9. The lowest BCUT2D eigenvalue weighted by Crippen LogP contribution is -2.58. The van der Waals surface area contributed by atoms with Crippen molar-refractivity contribution in [3.63, 3.8) is 0 Å². The van der Waals surface area contributed by atoms with Gasteiger partial charge in [-0.05, 0) is 29.9 Å². The number of aromatic amines is 1. The van der Waals surface area contributed by atoms with Gasteiger partial charge in [0.05, 0.1) is 12.2 Å². The van der Waals surface area contributed by atoms with Crippen molar-refractivity contribution in [3.8, 4) is 0 Å². The van der Waals surface area contributed by atoms with E-state index in [2.05, 4.69) is 15.8 Å². The number of rotatable bonds is 8. The van der Waals surface area contributed by atoms with E-state index in [-0.39, 0.29) is 41.9 Å². The van der Waals surface area contributed by atoms with E-state index in [0.717, 1.165) is 16.8 Å². The third-order valence-corrected chi connectivity index (χ3v) is 7.40. The Morgan fingerprint density at radius 3 is 2.62 bits per heavy atom. The van der Waals surface area contributed by atoms with E-state index in [1.165, 1.54) is 22.8 Å². The van der Waals surface area contributed by atoms with Gasteiger partial charge in [0.2, 0.25) is 23.6 Å². The van der Waals surface area contributed by atoms with E-state index < -0.39 is 23.7 Å². The van der Waals surface area contributed by atoms with Gasteiger partial charge in [0.1, 0.15) is 18.1 Å². The summed E-state index contributed by atoms with van der Waals surface area (Å²) in [6.45, 7) is 5.24. The number of H-pyrrole nitrogens is 1. The zero-order valence-electron chi connectivity index (χ0n) is 21.5. The molecule has 0 aliphatic carbocycles. The Morgan fingerprint density at radius 2 is 1.97 bits per heavy atom. The molecular weight excluding hydrogens is 478 g/mol. The first kappa shape index (κ1) is 26.2. The number of nitrogens with zero attached hydrogens (tertiary/aromatic N) is 2. The summed E-state index contributed by atoms with van der Waals surface area (Å²) < 4.78 is 5.00. The van der Waals surface area contributed by atoms with Crippen LogP contribution in [0, 0.1) is 5.92 Å². The Hall–Kier alpha value is -3.89. The number of benzene rings is 1. The fourth-order valence-corrected chi connectivity index (χ4v) is 5.17. The highest BCUT2D eigenvalue weighted by atomic mass is 16.5. The highest BCUT2D eigenvalue weighted by Crippen LogP contribution is 2.39. The quantitative estimate of drug-likeness (QED) is 0.480. The van der Waals surface area contributed by atoms with Crippen molar-refractivity contribution in [1.29, 1.82) is 0 Å². The van der Waals surface area contributed by atoms with Crippen molar-refractivity contribution in [1.82, 2.24) is 20.7 Å². The number of amides is 4. The van der Waals surface area contributed by atoms with Crippen molar-refractivity contribution in [2.45, 2.75) is 71.1 Å². The van der Waals surface area contributed by atoms with Crippen LogP contribution in [0.5, 0.6) is 0 Å². The summed E-state index contributed by atoms with van der Waals surface area (Å²) in [6, 6.07) is 4.61. The van der Waals surface area contributed by atoms with Crippen LogP contribution in [0.15, 0.2) is 33.6 Å². The summed E-state index contributed by atoms with van der Waals surface area (Å²) in [6.07, 6.45) is 1.94. The molecule has 1 aromatic heterocycles. The molecule has 0 saturated heterocycles. The Morgan fingerprint density at radius 1 is 1.24 bits per heavy atom. The van der Waals surface area contributed by atoms with E-state index in [1.54, 1.807) is 7.05 Å². The summed E-state index contributed by atoms with van der Waals surface area (Å²) in [4.78, 5) is 66.7. The van der Waals surface area contributed by atoms with Gasteiger partial charge in [0, 0.05) is 26.5 Å². The summed E-state index contributed by atoms with van der Waals surface area (Å²) in [5.41, 5.74) is 2.14. The van der Waals surface area contributed by atoms with E-state index >= 15 is 0 Å². The average molecular weight is 512 g/mol. The SMILES string of the molecule is CC[C@H](C)[C@@H](C(=O)N[C@H]1CCc2cccc3c2N(C1=O)[C@H](C(=O)NCc1cc(=O)[nH]o1)C3)N(C)C(C)=O. The number of anilines is 1. The summed E-state index contributed by atoms with van der Waals surface area (Å²) >= 11 is 0. The maximum Gasteiger partial charge on any atom is 0.280 e. The van der Waals surface area contributed by atoms with Gasteiger partial charge in [-0.3, -0.25) is 28.9 Å². The first-order valence-electron chi connectivity index (χ1n) is 12.5. The molecule has 11 nitrogen and oxygen atoms in total. The van der Waals surface area contributed by atoms with Gasteiger partial charge in [0.25, 0.3) is 5.56 Å². The van der Waals surface area contributed by atoms with Crippen LogP contribution in [-0.4, -0.2) is 58.9 Å². The Bertz CT molecular complexity index is 1270. The minimum absolute atomic E-state index is 0.00651. The van der Waals surface area contributed by atoms with Crippen LogP contribution in [0.25, 0.3) is 0 Å². The molecule has 2 aliphatic heterocycles. The second-order valence-corrected chi connectivity index (χ2v) is 9.81. The molecule has 0 radical (unpaired) electrons. The normalized spacial score (nSPS) is 20.0. The van der Waals surface area contributed by atoms with Gasteiger partial charge < -0.3 is 20.1 Å². The summed E-state index contributed by atoms with van der Waals surface area (Å²) in [5, 5.41) is 7.81. The molecule has 3 N–H and O–H groups in total. The number of aryl methyl sites for hydroxylation is 1. The topological polar surface area (TPSA) is 145 Å². The Kier molecular flexibility index (Phi) is 7.51. The molecule has 4 amide bonds. The minimum atomic E-state index is -0.851. The molecule has 0 saturated carbocycles. The molecular formula is C26H33N5O6. The number of carbonyl (C=O) groups excluding carboxylic acids is 4. The van der Waals surface area contributed by atoms with Gasteiger partial charge in [-0.2, -0.15) is 5.16 Å². The smallest absolute Gasteiger partial charge is 0.280 e. The molecule has 2 aromatic rings. The van der Waals surface area contributed by atoms with Crippen molar-refractivity contribution in [2.75, 3.05) is 11.9 Å². The molecule has 3 heterocycles. The molecule has 4 atom stereocenters. The number of para-hydroxylation sites is 1. The molecule has 0 fully saturated rings. The van der Waals surface area contributed by atoms with Gasteiger partial charge in [-0.15, -0.1) is 0 Å². The average Bonchev–Trinajstić information content (AvgIpc) is 3.44. The van der Waals surface area contributed by atoms with Crippen LogP contribution in [0.1, 0.15) is 50.5 Å². The molecule has 11 heteroatoms. The minimum Gasteiger partial charge on any atom is -0.382 e. The van der Waals surface area contributed by atoms with Crippen molar-refractivity contribution in [3.05, 3.63) is 51.5 Å². The number of carbonyl (C=O) groups is 4. The lowest BCUT2D eigenvalue weighted by Gasteiger charge is -2.33. The number of hydrogen-bond donors (Lipinski definition) is 3. The third kappa shape index (κ3) is 5.16. The molecule has 198 valence electrons. The Labute approximate surface area is 214 Å². The van der Waals surface area contributed by atoms with Crippen LogP contribution in [0.4, 0.5) is 5.69 Å². The largest absolute Gasteiger partial charge is 0.382 e. The van der Waals surface area contributed by atoms with Crippen molar-refractivity contribution < 1.29 is 23.7 Å². The van der Waals surface area contributed by atoms with E-state index in [1.807, 2.05) is 32.0 Å². The van der Waals surface area contributed by atoms with Crippen LogP contribution < -0.4 is 21.1 Å². The van der Waals surface area contributed by atoms with Crippen LogP contribution in [0.2, 0.25) is 0 Å². The third-order valence-electron chi connectivity index (χ3n) is 7.40. The second kappa shape index (κ2) is 10.6. The number of likely N-dealkylation sites (N-methyl/N-ethyl adjacent to an activating group) is 1. The fourth-order valence-electron chi connectivity index (χ4n) is 5.17. The van der Waals surface area contributed by atoms with E-state index in [0.29, 0.717) is 25.7 Å². The zero-order valence-corrected chi connectivity index (χ0v) is 21.5. The molecule has 4 rings (SSSR count). The molecule has 1 aromatic carbocycles. The van der Waals surface area contributed by atoms with Gasteiger partial charge in [-0.1, -0.05) is 38.5 Å². The van der Waals surface area contributed by atoms with Crippen molar-refractivity contribution in [2.24, 2.45) is 5.92 Å². The second-order valence-electron chi connectivity index (χ2n) is 9.81. The monoisotopic (exact) mass is 511 g/mol. The number of aromatic nitrogens is 1. The molecule has 0 unspecified atom stereocenters. The summed E-state index contributed by atoms with van der Waals surface area (Å²) in [5.74, 6) is -1.22. The predicted molar refractivity (Wildman–Crippen MR) is 135 cm³/mol. The molecule has 0 spiro atoms. The molecule has 37 heavy (non-hydrogen) atoms. The van der Waals surface area contributed by atoms with Gasteiger partial charge in [-0.25, -0.2) is 0 Å². The van der Waals surface area contributed by atoms with E-state index in [4.69, 9.17) is 4.52 Å². The number of nitrogens with one attached hydrogen (secondary N) is 3. The van der Waals surface area contributed by atoms with Crippen LogP contribution in [0.3, 0.4) is 0 Å². The van der Waals surface area contributed by atoms with E-state index in [9.17, 15) is 24.0 Å². The molecule has 2 aliphatic rings. The van der Waals surface area contributed by atoms with Gasteiger partial charge in [0.15, 0.2) is 5.76 Å². The van der Waals surface area contributed by atoms with Crippen LogP contribution >= 0.6 is 0 Å². The molecule has 0 bridgehead atoms. The highest BCUT2D eigenvalue weighted by molar-refractivity contribution is 6.08. The summed E-state index contributed by atoms with van der Waals surface area (Å²) in [7, 11) is 1.59. The zero-order chi connectivity index (χ0) is 26.9.